The Bertz CT molecular complexity index is 1070. The van der Waals surface area contributed by atoms with Crippen molar-refractivity contribution in [2.24, 2.45) is 0 Å². The third-order valence-electron chi connectivity index (χ3n) is 3.96. The summed E-state index contributed by atoms with van der Waals surface area (Å²) in [5.41, 5.74) is 2.96. The van der Waals surface area contributed by atoms with E-state index in [0.29, 0.717) is 23.6 Å². The van der Waals surface area contributed by atoms with Crippen LogP contribution in [0, 0.1) is 6.92 Å². The Balaban J connectivity index is 1.40. The van der Waals surface area contributed by atoms with E-state index in [9.17, 15) is 4.79 Å². The van der Waals surface area contributed by atoms with E-state index in [1.54, 1.807) is 40.5 Å². The van der Waals surface area contributed by atoms with Gasteiger partial charge in [-0.25, -0.2) is 14.6 Å². The van der Waals surface area contributed by atoms with Crippen LogP contribution in [0.3, 0.4) is 0 Å². The molecule has 2 aromatic heterocycles. The van der Waals surface area contributed by atoms with Crippen molar-refractivity contribution in [2.75, 3.05) is 5.32 Å². The third kappa shape index (κ3) is 4.24. The normalized spacial score (nSPS) is 10.6. The summed E-state index contributed by atoms with van der Waals surface area (Å²) in [6.07, 6.45) is 3.09. The summed E-state index contributed by atoms with van der Waals surface area (Å²) in [6, 6.07) is 14.4. The monoisotopic (exact) mass is 391 g/mol. The summed E-state index contributed by atoms with van der Waals surface area (Å²) < 4.78 is 7.40. The average Bonchev–Trinajstić information content (AvgIpc) is 3.39. The van der Waals surface area contributed by atoms with Gasteiger partial charge in [-0.3, -0.25) is 4.79 Å². The number of aryl methyl sites for hydroxylation is 1. The van der Waals surface area contributed by atoms with Crippen molar-refractivity contribution in [1.82, 2.24) is 19.7 Å². The number of hydrogen-bond donors (Lipinski definition) is 1. The van der Waals surface area contributed by atoms with Crippen LogP contribution in [0.1, 0.15) is 21.1 Å². The highest BCUT2D eigenvalue weighted by molar-refractivity contribution is 7.09. The zero-order chi connectivity index (χ0) is 19.3. The first kappa shape index (κ1) is 17.9. The van der Waals surface area contributed by atoms with Gasteiger partial charge in [0.2, 0.25) is 0 Å². The number of rotatable bonds is 6. The molecule has 4 aromatic rings. The van der Waals surface area contributed by atoms with Crippen molar-refractivity contribution in [2.45, 2.75) is 13.5 Å². The lowest BCUT2D eigenvalue weighted by Crippen LogP contribution is -2.12. The molecule has 2 heterocycles. The van der Waals surface area contributed by atoms with E-state index in [2.05, 4.69) is 20.4 Å². The Hall–Kier alpha value is -3.52. The molecule has 7 nitrogen and oxygen atoms in total. The molecule has 0 fully saturated rings. The standard InChI is InChI=1S/C20H17N5O2S/c1-14-23-17(11-28-14)10-27-19-4-2-3-15(9-19)20(26)24-16-5-7-18(8-6-16)25-13-21-12-22-25/h2-9,11-13H,10H2,1H3,(H,24,26). The molecule has 0 aliphatic heterocycles. The minimum atomic E-state index is -0.205. The lowest BCUT2D eigenvalue weighted by molar-refractivity contribution is 0.102. The number of hydrogen-bond acceptors (Lipinski definition) is 6. The van der Waals surface area contributed by atoms with Crippen molar-refractivity contribution in [3.8, 4) is 11.4 Å². The van der Waals surface area contributed by atoms with Crippen LogP contribution in [0.4, 0.5) is 5.69 Å². The van der Waals surface area contributed by atoms with Crippen molar-refractivity contribution >= 4 is 22.9 Å². The van der Waals surface area contributed by atoms with Crippen molar-refractivity contribution in [3.05, 3.63) is 82.8 Å². The highest BCUT2D eigenvalue weighted by atomic mass is 32.1. The maximum absolute atomic E-state index is 12.6. The van der Waals surface area contributed by atoms with E-state index in [1.807, 2.05) is 42.6 Å². The van der Waals surface area contributed by atoms with Crippen LogP contribution in [0.15, 0.2) is 66.6 Å². The average molecular weight is 391 g/mol. The molecule has 4 rings (SSSR count). The number of nitrogens with one attached hydrogen (secondary N) is 1. The van der Waals surface area contributed by atoms with E-state index < -0.39 is 0 Å². The molecule has 140 valence electrons. The first-order chi connectivity index (χ1) is 13.7. The van der Waals surface area contributed by atoms with Gasteiger partial charge in [0.15, 0.2) is 0 Å². The van der Waals surface area contributed by atoms with Gasteiger partial charge in [0, 0.05) is 16.6 Å². The molecule has 1 N–H and O–H groups in total. The molecule has 28 heavy (non-hydrogen) atoms. The fourth-order valence-corrected chi connectivity index (χ4v) is 3.20. The molecule has 0 aliphatic carbocycles. The molecule has 0 radical (unpaired) electrons. The van der Waals surface area contributed by atoms with E-state index in [1.165, 1.54) is 6.33 Å². The summed E-state index contributed by atoms with van der Waals surface area (Å²) in [5, 5.41) is 9.93. The van der Waals surface area contributed by atoms with Gasteiger partial charge in [-0.15, -0.1) is 11.3 Å². The van der Waals surface area contributed by atoms with E-state index in [0.717, 1.165) is 16.4 Å². The van der Waals surface area contributed by atoms with Crippen LogP contribution in [-0.2, 0) is 6.61 Å². The number of aromatic nitrogens is 4. The smallest absolute Gasteiger partial charge is 0.255 e. The largest absolute Gasteiger partial charge is 0.487 e. The summed E-state index contributed by atoms with van der Waals surface area (Å²) >= 11 is 1.58. The minimum absolute atomic E-state index is 0.205. The third-order valence-corrected chi connectivity index (χ3v) is 4.78. The molecule has 8 heteroatoms. The SMILES string of the molecule is Cc1nc(COc2cccc(C(=O)Nc3ccc(-n4cncn4)cc3)c2)cs1. The fraction of sp³-hybridized carbons (Fsp3) is 0.100. The van der Waals surface area contributed by atoms with E-state index in [4.69, 9.17) is 4.74 Å². The zero-order valence-electron chi connectivity index (χ0n) is 15.1. The molecule has 2 aromatic carbocycles. The summed E-state index contributed by atoms with van der Waals surface area (Å²) in [5.74, 6) is 0.420. The molecule has 0 aliphatic rings. The van der Waals surface area contributed by atoms with Crippen molar-refractivity contribution in [1.29, 1.82) is 0 Å². The molecule has 0 unspecified atom stereocenters. The quantitative estimate of drug-likeness (QED) is 0.540. The predicted molar refractivity (Wildman–Crippen MR) is 107 cm³/mol. The Morgan fingerprint density at radius 1 is 1.21 bits per heavy atom. The molecular formula is C20H17N5O2S. The summed E-state index contributed by atoms with van der Waals surface area (Å²) in [7, 11) is 0. The van der Waals surface area contributed by atoms with Gasteiger partial charge in [-0.2, -0.15) is 5.10 Å². The van der Waals surface area contributed by atoms with Gasteiger partial charge in [-0.1, -0.05) is 6.07 Å². The zero-order valence-corrected chi connectivity index (χ0v) is 15.9. The number of carbonyl (C=O) groups is 1. The number of nitrogens with zero attached hydrogens (tertiary/aromatic N) is 4. The van der Waals surface area contributed by atoms with E-state index in [-0.39, 0.29) is 5.91 Å². The summed E-state index contributed by atoms with van der Waals surface area (Å²) in [4.78, 5) is 20.8. The minimum Gasteiger partial charge on any atom is -0.487 e. The second-order valence-electron chi connectivity index (χ2n) is 6.02. The number of carbonyl (C=O) groups excluding carboxylic acids is 1. The van der Waals surface area contributed by atoms with E-state index >= 15 is 0 Å². The predicted octanol–water partition coefficient (Wildman–Crippen LogP) is 3.86. The Morgan fingerprint density at radius 3 is 2.79 bits per heavy atom. The van der Waals surface area contributed by atoms with Gasteiger partial charge < -0.3 is 10.1 Å². The first-order valence-electron chi connectivity index (χ1n) is 8.58. The second-order valence-corrected chi connectivity index (χ2v) is 7.08. The van der Waals surface area contributed by atoms with Crippen LogP contribution in [0.2, 0.25) is 0 Å². The maximum Gasteiger partial charge on any atom is 0.255 e. The van der Waals surface area contributed by atoms with Crippen LogP contribution in [-0.4, -0.2) is 25.7 Å². The topological polar surface area (TPSA) is 81.9 Å². The van der Waals surface area contributed by atoms with Gasteiger partial charge in [-0.05, 0) is 49.4 Å². The molecule has 0 bridgehead atoms. The number of benzene rings is 2. The Labute approximate surface area is 165 Å². The fourth-order valence-electron chi connectivity index (χ4n) is 2.60. The van der Waals surface area contributed by atoms with Crippen LogP contribution in [0.25, 0.3) is 5.69 Å². The second kappa shape index (κ2) is 8.01. The lowest BCUT2D eigenvalue weighted by Gasteiger charge is -2.09. The van der Waals surface area contributed by atoms with Crippen LogP contribution < -0.4 is 10.1 Å². The van der Waals surface area contributed by atoms with Crippen LogP contribution in [0.5, 0.6) is 5.75 Å². The Kier molecular flexibility index (Phi) is 5.11. The number of thiazole rings is 1. The molecule has 1 amide bonds. The molecule has 0 saturated carbocycles. The van der Waals surface area contributed by atoms with Gasteiger partial charge in [0.1, 0.15) is 25.0 Å². The highest BCUT2D eigenvalue weighted by Crippen LogP contribution is 2.18. The summed E-state index contributed by atoms with van der Waals surface area (Å²) in [6.45, 7) is 2.33. The van der Waals surface area contributed by atoms with Gasteiger partial charge in [0.05, 0.1) is 16.4 Å². The number of anilines is 1. The van der Waals surface area contributed by atoms with Crippen LogP contribution >= 0.6 is 11.3 Å². The molecule has 0 atom stereocenters. The molecule has 0 spiro atoms. The highest BCUT2D eigenvalue weighted by Gasteiger charge is 2.08. The maximum atomic E-state index is 12.6. The van der Waals surface area contributed by atoms with Crippen molar-refractivity contribution in [3.63, 3.8) is 0 Å². The number of ether oxygens (including phenoxy) is 1. The Morgan fingerprint density at radius 2 is 2.07 bits per heavy atom. The lowest BCUT2D eigenvalue weighted by atomic mass is 10.2. The first-order valence-corrected chi connectivity index (χ1v) is 9.45. The van der Waals surface area contributed by atoms with Gasteiger partial charge in [0.25, 0.3) is 5.91 Å². The van der Waals surface area contributed by atoms with Gasteiger partial charge >= 0.3 is 0 Å². The molecule has 0 saturated heterocycles. The molecular weight excluding hydrogens is 374 g/mol. The van der Waals surface area contributed by atoms with Crippen molar-refractivity contribution < 1.29 is 9.53 Å². The number of amides is 1.